The summed E-state index contributed by atoms with van der Waals surface area (Å²) >= 11 is 0. The SMILES string of the molecule is CC(=O)c1cc(C(O)C(O)CCNC(=O)OCC2c3ccccc3-c3ccccc32)ccc1F. The number of rotatable bonds is 8. The first-order valence-electron chi connectivity index (χ1n) is 11.1. The summed E-state index contributed by atoms with van der Waals surface area (Å²) in [6.07, 6.45) is -3.13. The first-order chi connectivity index (χ1) is 16.4. The van der Waals surface area contributed by atoms with E-state index in [2.05, 4.69) is 17.4 Å². The van der Waals surface area contributed by atoms with Gasteiger partial charge in [-0.05, 0) is 53.3 Å². The maximum Gasteiger partial charge on any atom is 0.407 e. The predicted octanol–water partition coefficient (Wildman–Crippen LogP) is 4.35. The Bertz CT molecular complexity index is 1170. The maximum absolute atomic E-state index is 13.7. The first kappa shape index (κ1) is 23.6. The van der Waals surface area contributed by atoms with E-state index in [1.165, 1.54) is 19.1 Å². The highest BCUT2D eigenvalue weighted by Gasteiger charge is 2.29. The number of alkyl carbamates (subject to hydrolysis) is 1. The molecule has 3 N–H and O–H groups in total. The minimum Gasteiger partial charge on any atom is -0.449 e. The molecule has 1 aliphatic carbocycles. The van der Waals surface area contributed by atoms with Gasteiger partial charge in [0.25, 0.3) is 0 Å². The van der Waals surface area contributed by atoms with Crippen molar-refractivity contribution in [2.75, 3.05) is 13.2 Å². The Morgan fingerprint density at radius 2 is 1.62 bits per heavy atom. The molecule has 0 bridgehead atoms. The molecule has 0 saturated heterocycles. The molecule has 34 heavy (non-hydrogen) atoms. The van der Waals surface area contributed by atoms with E-state index in [4.69, 9.17) is 4.74 Å². The number of carbonyl (C=O) groups is 2. The zero-order valence-corrected chi connectivity index (χ0v) is 18.7. The number of ether oxygens (including phenoxy) is 1. The van der Waals surface area contributed by atoms with Gasteiger partial charge in [-0.25, -0.2) is 9.18 Å². The number of amides is 1. The van der Waals surface area contributed by atoms with Gasteiger partial charge in [0.2, 0.25) is 0 Å². The van der Waals surface area contributed by atoms with Gasteiger partial charge in [-0.15, -0.1) is 0 Å². The third-order valence-electron chi connectivity index (χ3n) is 6.13. The van der Waals surface area contributed by atoms with Crippen molar-refractivity contribution in [3.05, 3.63) is 94.8 Å². The topological polar surface area (TPSA) is 95.9 Å². The molecule has 1 amide bonds. The molecule has 0 spiro atoms. The maximum atomic E-state index is 13.7. The minimum absolute atomic E-state index is 0.0398. The Labute approximate surface area is 197 Å². The molecule has 0 aliphatic heterocycles. The number of aliphatic hydroxyl groups excluding tert-OH is 2. The summed E-state index contributed by atoms with van der Waals surface area (Å²) in [5, 5.41) is 23.2. The second-order valence-corrected chi connectivity index (χ2v) is 8.35. The molecule has 7 heteroatoms. The molecular weight excluding hydrogens is 437 g/mol. The third-order valence-corrected chi connectivity index (χ3v) is 6.13. The smallest absolute Gasteiger partial charge is 0.407 e. The van der Waals surface area contributed by atoms with Crippen molar-refractivity contribution in [2.45, 2.75) is 31.5 Å². The van der Waals surface area contributed by atoms with Crippen molar-refractivity contribution in [3.63, 3.8) is 0 Å². The highest BCUT2D eigenvalue weighted by molar-refractivity contribution is 5.94. The van der Waals surface area contributed by atoms with Crippen LogP contribution >= 0.6 is 0 Å². The number of carbonyl (C=O) groups excluding carboxylic acids is 2. The molecule has 0 radical (unpaired) electrons. The summed E-state index contributed by atoms with van der Waals surface area (Å²) < 4.78 is 19.1. The van der Waals surface area contributed by atoms with Crippen molar-refractivity contribution in [1.82, 2.24) is 5.32 Å². The molecule has 2 atom stereocenters. The lowest BCUT2D eigenvalue weighted by molar-refractivity contribution is 0.0136. The Balaban J connectivity index is 1.29. The van der Waals surface area contributed by atoms with Crippen LogP contribution in [-0.4, -0.2) is 41.3 Å². The molecule has 6 nitrogen and oxygen atoms in total. The van der Waals surface area contributed by atoms with Gasteiger partial charge >= 0.3 is 6.09 Å². The van der Waals surface area contributed by atoms with Crippen LogP contribution in [0.1, 0.15) is 52.4 Å². The number of Topliss-reactive ketones (excluding diaryl/α,β-unsaturated/α-hetero) is 1. The largest absolute Gasteiger partial charge is 0.449 e. The summed E-state index contributed by atoms with van der Waals surface area (Å²) in [4.78, 5) is 23.8. The van der Waals surface area contributed by atoms with Gasteiger partial charge in [-0.2, -0.15) is 0 Å². The number of hydrogen-bond acceptors (Lipinski definition) is 5. The molecule has 4 rings (SSSR count). The van der Waals surface area contributed by atoms with E-state index in [0.29, 0.717) is 0 Å². The Hall–Kier alpha value is -3.55. The Morgan fingerprint density at radius 3 is 2.24 bits per heavy atom. The Morgan fingerprint density at radius 1 is 1.00 bits per heavy atom. The third kappa shape index (κ3) is 4.85. The highest BCUT2D eigenvalue weighted by Crippen LogP contribution is 2.44. The molecule has 0 heterocycles. The number of aliphatic hydroxyl groups is 2. The molecule has 0 saturated carbocycles. The van der Waals surface area contributed by atoms with Crippen LogP contribution in [0.2, 0.25) is 0 Å². The molecule has 1 aliphatic rings. The van der Waals surface area contributed by atoms with Crippen LogP contribution in [-0.2, 0) is 4.74 Å². The second kappa shape index (κ2) is 10.2. The summed E-state index contributed by atoms with van der Waals surface area (Å²) in [6.45, 7) is 1.47. The molecule has 3 aromatic rings. The van der Waals surface area contributed by atoms with Crippen molar-refractivity contribution in [2.24, 2.45) is 0 Å². The monoisotopic (exact) mass is 463 g/mol. The van der Waals surface area contributed by atoms with Gasteiger partial charge in [0.1, 0.15) is 18.5 Å². The second-order valence-electron chi connectivity index (χ2n) is 8.35. The zero-order valence-electron chi connectivity index (χ0n) is 18.7. The van der Waals surface area contributed by atoms with E-state index in [9.17, 15) is 24.2 Å². The van der Waals surface area contributed by atoms with Crippen LogP contribution in [0.4, 0.5) is 9.18 Å². The van der Waals surface area contributed by atoms with E-state index in [1.54, 1.807) is 0 Å². The number of fused-ring (bicyclic) bond motifs is 3. The van der Waals surface area contributed by atoms with E-state index in [1.807, 2.05) is 36.4 Å². The summed E-state index contributed by atoms with van der Waals surface area (Å²) in [6, 6.07) is 19.7. The fraction of sp³-hybridized carbons (Fsp3) is 0.259. The number of nitrogens with one attached hydrogen (secondary N) is 1. The lowest BCUT2D eigenvalue weighted by Gasteiger charge is -2.19. The van der Waals surface area contributed by atoms with E-state index >= 15 is 0 Å². The van der Waals surface area contributed by atoms with Crippen LogP contribution < -0.4 is 5.32 Å². The van der Waals surface area contributed by atoms with E-state index in [0.717, 1.165) is 28.3 Å². The molecule has 176 valence electrons. The van der Waals surface area contributed by atoms with Crippen molar-refractivity contribution in [1.29, 1.82) is 0 Å². The van der Waals surface area contributed by atoms with E-state index in [-0.39, 0.29) is 36.6 Å². The van der Waals surface area contributed by atoms with Gasteiger partial charge in [0, 0.05) is 12.5 Å². The highest BCUT2D eigenvalue weighted by atomic mass is 19.1. The van der Waals surface area contributed by atoms with Gasteiger partial charge in [0.05, 0.1) is 11.7 Å². The van der Waals surface area contributed by atoms with Crippen LogP contribution in [0.5, 0.6) is 0 Å². The average Bonchev–Trinajstić information content (AvgIpc) is 3.16. The lowest BCUT2D eigenvalue weighted by atomic mass is 9.98. The molecule has 3 aromatic carbocycles. The van der Waals surface area contributed by atoms with Gasteiger partial charge in [-0.3, -0.25) is 4.79 Å². The van der Waals surface area contributed by atoms with Crippen molar-refractivity contribution < 1.29 is 28.9 Å². The standard InChI is InChI=1S/C27H26FNO5/c1-16(30)22-14-17(10-11-24(22)28)26(32)25(31)12-13-29-27(33)34-15-23-20-8-4-2-6-18(20)19-7-3-5-9-21(19)23/h2-11,14,23,25-26,31-32H,12-13,15H2,1H3,(H,29,33). The van der Waals surface area contributed by atoms with Gasteiger partial charge in [-0.1, -0.05) is 54.6 Å². The fourth-order valence-corrected chi connectivity index (χ4v) is 4.35. The van der Waals surface area contributed by atoms with Crippen LogP contribution in [0, 0.1) is 5.82 Å². The van der Waals surface area contributed by atoms with Crippen LogP contribution in [0.25, 0.3) is 11.1 Å². The van der Waals surface area contributed by atoms with E-state index < -0.39 is 29.9 Å². The summed E-state index contributed by atoms with van der Waals surface area (Å²) in [7, 11) is 0. The van der Waals surface area contributed by atoms with Crippen molar-refractivity contribution >= 4 is 11.9 Å². The normalized spacial score (nSPS) is 14.1. The predicted molar refractivity (Wildman–Crippen MR) is 125 cm³/mol. The summed E-state index contributed by atoms with van der Waals surface area (Å²) in [5.41, 5.74) is 4.56. The van der Waals surface area contributed by atoms with Gasteiger partial charge in [0.15, 0.2) is 5.78 Å². The minimum atomic E-state index is -1.33. The van der Waals surface area contributed by atoms with Crippen LogP contribution in [0.15, 0.2) is 66.7 Å². The molecule has 0 fully saturated rings. The number of hydrogen-bond donors (Lipinski definition) is 3. The first-order valence-corrected chi connectivity index (χ1v) is 11.1. The lowest BCUT2D eigenvalue weighted by Crippen LogP contribution is -2.30. The molecule has 0 aromatic heterocycles. The Kier molecular flexibility index (Phi) is 7.05. The quantitative estimate of drug-likeness (QED) is 0.432. The molecular formula is C27H26FNO5. The number of benzene rings is 3. The number of halogens is 1. The average molecular weight is 464 g/mol. The number of ketones is 1. The molecule has 2 unspecified atom stereocenters. The van der Waals surface area contributed by atoms with Crippen LogP contribution in [0.3, 0.4) is 0 Å². The van der Waals surface area contributed by atoms with Crippen molar-refractivity contribution in [3.8, 4) is 11.1 Å². The summed E-state index contributed by atoms with van der Waals surface area (Å²) in [5.74, 6) is -1.22. The zero-order chi connectivity index (χ0) is 24.2. The van der Waals surface area contributed by atoms with Gasteiger partial charge < -0.3 is 20.3 Å². The fourth-order valence-electron chi connectivity index (χ4n) is 4.35.